The van der Waals surface area contributed by atoms with Crippen LogP contribution in [0, 0.1) is 16.0 Å². The molecule has 0 saturated carbocycles. The molecular formula is C13H22N4O3. The monoisotopic (exact) mass is 282 g/mol. The van der Waals surface area contributed by atoms with Crippen molar-refractivity contribution in [1.29, 1.82) is 0 Å². The maximum atomic E-state index is 11.3. The summed E-state index contributed by atoms with van der Waals surface area (Å²) in [6.45, 7) is 6.27. The zero-order valence-electron chi connectivity index (χ0n) is 12.3. The van der Waals surface area contributed by atoms with Crippen molar-refractivity contribution in [3.8, 4) is 5.88 Å². The summed E-state index contributed by atoms with van der Waals surface area (Å²) in [6, 6.07) is 0. The fourth-order valence-corrected chi connectivity index (χ4v) is 2.48. The van der Waals surface area contributed by atoms with E-state index >= 15 is 0 Å². The lowest BCUT2D eigenvalue weighted by Crippen LogP contribution is -2.30. The van der Waals surface area contributed by atoms with Gasteiger partial charge in [-0.1, -0.05) is 13.8 Å². The molecule has 0 radical (unpaired) electrons. The van der Waals surface area contributed by atoms with Crippen LogP contribution in [0.2, 0.25) is 0 Å². The quantitative estimate of drug-likeness (QED) is 0.658. The maximum absolute atomic E-state index is 11.3. The van der Waals surface area contributed by atoms with Gasteiger partial charge in [-0.05, 0) is 31.8 Å². The first-order chi connectivity index (χ1) is 9.50. The summed E-state index contributed by atoms with van der Waals surface area (Å²) in [7, 11) is 1.69. The third-order valence-electron chi connectivity index (χ3n) is 3.64. The van der Waals surface area contributed by atoms with Gasteiger partial charge in [0, 0.05) is 13.0 Å². The van der Waals surface area contributed by atoms with E-state index < -0.39 is 0 Å². The third-order valence-corrected chi connectivity index (χ3v) is 3.64. The Hall–Kier alpha value is -1.63. The molecule has 0 atom stereocenters. The van der Waals surface area contributed by atoms with Crippen LogP contribution in [0.4, 0.5) is 5.69 Å². The summed E-state index contributed by atoms with van der Waals surface area (Å²) < 4.78 is 7.21. The number of hydrogen-bond acceptors (Lipinski definition) is 5. The van der Waals surface area contributed by atoms with Gasteiger partial charge < -0.3 is 10.1 Å². The topological polar surface area (TPSA) is 82.2 Å². The van der Waals surface area contributed by atoms with Crippen LogP contribution in [0.3, 0.4) is 0 Å². The first-order valence-electron chi connectivity index (χ1n) is 7.05. The van der Waals surface area contributed by atoms with Gasteiger partial charge in [-0.3, -0.25) is 10.1 Å². The average Bonchev–Trinajstić information content (AvgIpc) is 2.75. The summed E-state index contributed by atoms with van der Waals surface area (Å²) in [4.78, 5) is 10.9. The van der Waals surface area contributed by atoms with Crippen molar-refractivity contribution in [2.45, 2.75) is 32.6 Å². The van der Waals surface area contributed by atoms with Gasteiger partial charge in [0.2, 0.25) is 0 Å². The Balaban J connectivity index is 2.15. The van der Waals surface area contributed by atoms with Crippen LogP contribution in [0.15, 0.2) is 0 Å². The van der Waals surface area contributed by atoms with Gasteiger partial charge >= 0.3 is 5.69 Å². The van der Waals surface area contributed by atoms with E-state index in [1.165, 1.54) is 4.68 Å². The van der Waals surface area contributed by atoms with Crippen LogP contribution in [0.5, 0.6) is 5.88 Å². The van der Waals surface area contributed by atoms with Crippen molar-refractivity contribution in [3.05, 3.63) is 15.8 Å². The van der Waals surface area contributed by atoms with Gasteiger partial charge in [0.15, 0.2) is 0 Å². The fourth-order valence-electron chi connectivity index (χ4n) is 2.48. The Kier molecular flexibility index (Phi) is 4.59. The number of aromatic nitrogens is 2. The molecule has 0 amide bonds. The number of nitrogens with one attached hydrogen (secondary N) is 1. The Morgan fingerprint density at radius 2 is 2.15 bits per heavy atom. The van der Waals surface area contributed by atoms with Gasteiger partial charge in [-0.15, -0.1) is 0 Å². The van der Waals surface area contributed by atoms with Crippen LogP contribution in [-0.2, 0) is 7.05 Å². The molecule has 1 fully saturated rings. The zero-order valence-corrected chi connectivity index (χ0v) is 12.3. The normalized spacial score (nSPS) is 16.6. The largest absolute Gasteiger partial charge is 0.473 e. The molecule has 1 aromatic rings. The van der Waals surface area contributed by atoms with Crippen LogP contribution in [-0.4, -0.2) is 34.4 Å². The number of ether oxygens (including phenoxy) is 1. The third kappa shape index (κ3) is 3.09. The molecule has 1 aliphatic heterocycles. The molecule has 2 rings (SSSR count). The Morgan fingerprint density at radius 3 is 2.70 bits per heavy atom. The van der Waals surface area contributed by atoms with E-state index in [1.807, 2.05) is 13.8 Å². The maximum Gasteiger partial charge on any atom is 0.353 e. The SMILES string of the molecule is CC(C)c1nn(C)c(OCC2CCNCC2)c1[N+](=O)[O-]. The first-order valence-corrected chi connectivity index (χ1v) is 7.05. The molecule has 2 heterocycles. The zero-order chi connectivity index (χ0) is 14.7. The number of piperidine rings is 1. The molecule has 20 heavy (non-hydrogen) atoms. The van der Waals surface area contributed by atoms with E-state index in [-0.39, 0.29) is 22.4 Å². The van der Waals surface area contributed by atoms with Crippen LogP contribution in [0.1, 0.15) is 38.3 Å². The molecule has 0 aliphatic carbocycles. The van der Waals surface area contributed by atoms with Crippen molar-refractivity contribution in [2.75, 3.05) is 19.7 Å². The van der Waals surface area contributed by atoms with E-state index in [0.29, 0.717) is 18.2 Å². The van der Waals surface area contributed by atoms with Gasteiger partial charge in [0.1, 0.15) is 5.69 Å². The van der Waals surface area contributed by atoms with Crippen molar-refractivity contribution in [2.24, 2.45) is 13.0 Å². The molecule has 0 spiro atoms. The number of hydrogen-bond donors (Lipinski definition) is 1. The van der Waals surface area contributed by atoms with Crippen molar-refractivity contribution in [1.82, 2.24) is 15.1 Å². The predicted octanol–water partition coefficient (Wildman–Crippen LogP) is 1.83. The summed E-state index contributed by atoms with van der Waals surface area (Å²) in [5, 5.41) is 18.8. The molecule has 1 saturated heterocycles. The minimum atomic E-state index is -0.389. The van der Waals surface area contributed by atoms with E-state index in [2.05, 4.69) is 10.4 Å². The van der Waals surface area contributed by atoms with Gasteiger partial charge in [-0.2, -0.15) is 5.10 Å². The molecule has 7 nitrogen and oxygen atoms in total. The molecular weight excluding hydrogens is 260 g/mol. The molecule has 1 N–H and O–H groups in total. The predicted molar refractivity (Wildman–Crippen MR) is 75.0 cm³/mol. The lowest BCUT2D eigenvalue weighted by molar-refractivity contribution is -0.386. The fraction of sp³-hybridized carbons (Fsp3) is 0.769. The average molecular weight is 282 g/mol. The number of aryl methyl sites for hydroxylation is 1. The Labute approximate surface area is 118 Å². The van der Waals surface area contributed by atoms with Crippen molar-refractivity contribution >= 4 is 5.69 Å². The van der Waals surface area contributed by atoms with Gasteiger partial charge in [-0.25, -0.2) is 4.68 Å². The second-order valence-electron chi connectivity index (χ2n) is 5.58. The highest BCUT2D eigenvalue weighted by molar-refractivity contribution is 5.47. The van der Waals surface area contributed by atoms with Crippen molar-refractivity contribution in [3.63, 3.8) is 0 Å². The highest BCUT2D eigenvalue weighted by Crippen LogP contribution is 2.35. The van der Waals surface area contributed by atoms with Crippen LogP contribution >= 0.6 is 0 Å². The number of rotatable bonds is 5. The van der Waals surface area contributed by atoms with E-state index in [4.69, 9.17) is 4.74 Å². The van der Waals surface area contributed by atoms with Crippen LogP contribution < -0.4 is 10.1 Å². The second kappa shape index (κ2) is 6.21. The van der Waals surface area contributed by atoms with Gasteiger partial charge in [0.25, 0.3) is 5.88 Å². The molecule has 0 unspecified atom stereocenters. The van der Waals surface area contributed by atoms with E-state index in [1.54, 1.807) is 7.05 Å². The summed E-state index contributed by atoms with van der Waals surface area (Å²) in [5.74, 6) is 0.725. The molecule has 0 aromatic carbocycles. The van der Waals surface area contributed by atoms with Crippen LogP contribution in [0.25, 0.3) is 0 Å². The van der Waals surface area contributed by atoms with Crippen molar-refractivity contribution < 1.29 is 9.66 Å². The molecule has 112 valence electrons. The minimum Gasteiger partial charge on any atom is -0.473 e. The van der Waals surface area contributed by atoms with Gasteiger partial charge in [0.05, 0.1) is 11.5 Å². The molecule has 0 bridgehead atoms. The minimum absolute atomic E-state index is 0.00201. The first kappa shape index (κ1) is 14.8. The Bertz CT molecular complexity index is 478. The standard InChI is InChI=1S/C13H22N4O3/c1-9(2)11-12(17(18)19)13(16(3)15-11)20-8-10-4-6-14-7-5-10/h9-10,14H,4-8H2,1-3H3. The molecule has 1 aromatic heterocycles. The molecule has 7 heteroatoms. The lowest BCUT2D eigenvalue weighted by Gasteiger charge is -2.22. The molecule has 1 aliphatic rings. The lowest BCUT2D eigenvalue weighted by atomic mass is 9.99. The smallest absolute Gasteiger partial charge is 0.353 e. The highest BCUT2D eigenvalue weighted by Gasteiger charge is 2.30. The summed E-state index contributed by atoms with van der Waals surface area (Å²) >= 11 is 0. The summed E-state index contributed by atoms with van der Waals surface area (Å²) in [6.07, 6.45) is 2.09. The number of nitro groups is 1. The van der Waals surface area contributed by atoms with E-state index in [9.17, 15) is 10.1 Å². The number of nitrogens with zero attached hydrogens (tertiary/aromatic N) is 3. The highest BCUT2D eigenvalue weighted by atomic mass is 16.6. The van der Waals surface area contributed by atoms with E-state index in [0.717, 1.165) is 25.9 Å². The summed E-state index contributed by atoms with van der Waals surface area (Å²) in [5.41, 5.74) is 0.495. The Morgan fingerprint density at radius 1 is 1.50 bits per heavy atom. The second-order valence-corrected chi connectivity index (χ2v) is 5.58.